The topological polar surface area (TPSA) is 26.0 Å². The first kappa shape index (κ1) is 13.6. The van der Waals surface area contributed by atoms with Gasteiger partial charge in [-0.1, -0.05) is 28.1 Å². The van der Waals surface area contributed by atoms with Gasteiger partial charge >= 0.3 is 0 Å². The molecule has 0 aliphatic heterocycles. The van der Waals surface area contributed by atoms with Crippen LogP contribution in [0, 0.1) is 5.82 Å². The lowest BCUT2D eigenvalue weighted by Crippen LogP contribution is -2.10. The van der Waals surface area contributed by atoms with Gasteiger partial charge < -0.3 is 5.73 Å². The van der Waals surface area contributed by atoms with Crippen molar-refractivity contribution in [1.82, 2.24) is 0 Å². The zero-order chi connectivity index (χ0) is 9.84. The number of hydrogen-bond acceptors (Lipinski definition) is 1. The number of benzene rings is 1. The summed E-state index contributed by atoms with van der Waals surface area (Å²) in [4.78, 5) is 0. The van der Waals surface area contributed by atoms with Gasteiger partial charge in [-0.05, 0) is 18.6 Å². The van der Waals surface area contributed by atoms with Crippen molar-refractivity contribution in [2.75, 3.05) is 0 Å². The van der Waals surface area contributed by atoms with Crippen LogP contribution in [0.5, 0.6) is 0 Å². The molecule has 1 atom stereocenters. The van der Waals surface area contributed by atoms with Crippen molar-refractivity contribution in [2.45, 2.75) is 12.5 Å². The minimum Gasteiger partial charge on any atom is -0.324 e. The summed E-state index contributed by atoms with van der Waals surface area (Å²) in [5.41, 5.74) is 6.26. The van der Waals surface area contributed by atoms with E-state index in [0.717, 1.165) is 4.47 Å². The maximum atomic E-state index is 13.3. The molecule has 1 rings (SSSR count). The van der Waals surface area contributed by atoms with Gasteiger partial charge in [0.1, 0.15) is 5.82 Å². The van der Waals surface area contributed by atoms with E-state index in [4.69, 9.17) is 5.73 Å². The minimum atomic E-state index is -0.300. The molecule has 78 valence electrons. The molecular weight excluding hydrogens is 268 g/mol. The van der Waals surface area contributed by atoms with E-state index in [1.54, 1.807) is 18.2 Å². The summed E-state index contributed by atoms with van der Waals surface area (Å²) in [6.07, 6.45) is 2.27. The molecule has 1 aromatic carbocycles. The zero-order valence-corrected chi connectivity index (χ0v) is 9.94. The second-order valence-corrected chi connectivity index (χ2v) is 3.71. The van der Waals surface area contributed by atoms with Crippen LogP contribution < -0.4 is 5.73 Å². The third-order valence-electron chi connectivity index (χ3n) is 1.78. The van der Waals surface area contributed by atoms with Crippen LogP contribution in [0.15, 0.2) is 35.3 Å². The molecule has 1 nitrogen and oxygen atoms in total. The van der Waals surface area contributed by atoms with Gasteiger partial charge in [0, 0.05) is 16.1 Å². The van der Waals surface area contributed by atoms with Crippen LogP contribution in [0.25, 0.3) is 0 Å². The van der Waals surface area contributed by atoms with E-state index in [-0.39, 0.29) is 24.3 Å². The standard InChI is InChI=1S/C10H11BrFN.ClH/c1-2-3-10(13)8-5-4-7(11)6-9(8)12;/h2,4-6,10H,1,3,13H2;1H/t10-;/m1./s1. The molecule has 14 heavy (non-hydrogen) atoms. The number of halogens is 3. The highest BCUT2D eigenvalue weighted by atomic mass is 79.9. The summed E-state index contributed by atoms with van der Waals surface area (Å²) in [7, 11) is 0. The van der Waals surface area contributed by atoms with Gasteiger partial charge in [-0.15, -0.1) is 19.0 Å². The number of hydrogen-bond donors (Lipinski definition) is 1. The zero-order valence-electron chi connectivity index (χ0n) is 7.54. The third-order valence-corrected chi connectivity index (χ3v) is 2.28. The third kappa shape index (κ3) is 3.40. The molecule has 0 heterocycles. The monoisotopic (exact) mass is 279 g/mol. The average Bonchev–Trinajstić information content (AvgIpc) is 2.04. The predicted molar refractivity (Wildman–Crippen MR) is 63.1 cm³/mol. The molecule has 2 N–H and O–H groups in total. The van der Waals surface area contributed by atoms with E-state index in [2.05, 4.69) is 22.5 Å². The highest BCUT2D eigenvalue weighted by molar-refractivity contribution is 9.10. The Morgan fingerprint density at radius 3 is 2.71 bits per heavy atom. The molecule has 0 spiro atoms. The molecule has 0 saturated heterocycles. The van der Waals surface area contributed by atoms with Gasteiger partial charge in [-0.3, -0.25) is 0 Å². The van der Waals surface area contributed by atoms with E-state index in [1.807, 2.05) is 0 Å². The molecule has 0 unspecified atom stereocenters. The average molecular weight is 281 g/mol. The highest BCUT2D eigenvalue weighted by Gasteiger charge is 2.09. The fourth-order valence-electron chi connectivity index (χ4n) is 1.11. The second-order valence-electron chi connectivity index (χ2n) is 2.80. The summed E-state index contributed by atoms with van der Waals surface area (Å²) in [6, 6.07) is 4.58. The summed E-state index contributed by atoms with van der Waals surface area (Å²) in [5, 5.41) is 0. The molecule has 0 aromatic heterocycles. The van der Waals surface area contributed by atoms with Crippen molar-refractivity contribution in [3.05, 3.63) is 46.7 Å². The van der Waals surface area contributed by atoms with Crippen LogP contribution in [0.1, 0.15) is 18.0 Å². The first-order chi connectivity index (χ1) is 6.15. The molecule has 0 saturated carbocycles. The van der Waals surface area contributed by atoms with E-state index in [9.17, 15) is 4.39 Å². The lowest BCUT2D eigenvalue weighted by atomic mass is 10.0. The van der Waals surface area contributed by atoms with E-state index in [0.29, 0.717) is 12.0 Å². The van der Waals surface area contributed by atoms with Gasteiger partial charge in [0.2, 0.25) is 0 Å². The van der Waals surface area contributed by atoms with Crippen molar-refractivity contribution >= 4 is 28.3 Å². The summed E-state index contributed by atoms with van der Waals surface area (Å²) in [5.74, 6) is -0.274. The highest BCUT2D eigenvalue weighted by Crippen LogP contribution is 2.21. The molecule has 0 radical (unpaired) electrons. The van der Waals surface area contributed by atoms with Crippen LogP contribution in [-0.2, 0) is 0 Å². The van der Waals surface area contributed by atoms with Gasteiger partial charge in [0.05, 0.1) is 0 Å². The van der Waals surface area contributed by atoms with Crippen molar-refractivity contribution in [2.24, 2.45) is 5.73 Å². The molecular formula is C10H12BrClFN. The Balaban J connectivity index is 0.00000169. The predicted octanol–water partition coefficient (Wildman–Crippen LogP) is 3.59. The fourth-order valence-corrected chi connectivity index (χ4v) is 1.44. The molecule has 0 fully saturated rings. The number of rotatable bonds is 3. The van der Waals surface area contributed by atoms with E-state index in [1.165, 1.54) is 6.07 Å². The van der Waals surface area contributed by atoms with Crippen molar-refractivity contribution in [3.8, 4) is 0 Å². The summed E-state index contributed by atoms with van der Waals surface area (Å²) < 4.78 is 14.0. The van der Waals surface area contributed by atoms with Crippen LogP contribution in [-0.4, -0.2) is 0 Å². The van der Waals surface area contributed by atoms with Crippen molar-refractivity contribution < 1.29 is 4.39 Å². The largest absolute Gasteiger partial charge is 0.324 e. The Morgan fingerprint density at radius 2 is 2.21 bits per heavy atom. The summed E-state index contributed by atoms with van der Waals surface area (Å²) in [6.45, 7) is 3.56. The molecule has 0 aliphatic carbocycles. The van der Waals surface area contributed by atoms with Crippen LogP contribution in [0.4, 0.5) is 4.39 Å². The second kappa shape index (κ2) is 6.17. The molecule has 0 amide bonds. The van der Waals surface area contributed by atoms with Crippen molar-refractivity contribution in [1.29, 1.82) is 0 Å². The van der Waals surface area contributed by atoms with Crippen LogP contribution in [0.2, 0.25) is 0 Å². The van der Waals surface area contributed by atoms with Crippen molar-refractivity contribution in [3.63, 3.8) is 0 Å². The molecule has 1 aromatic rings. The van der Waals surface area contributed by atoms with Gasteiger partial charge in [0.25, 0.3) is 0 Å². The minimum absolute atomic E-state index is 0. The van der Waals surface area contributed by atoms with E-state index < -0.39 is 0 Å². The first-order valence-corrected chi connectivity index (χ1v) is 4.76. The van der Waals surface area contributed by atoms with Crippen LogP contribution in [0.3, 0.4) is 0 Å². The summed E-state index contributed by atoms with van der Waals surface area (Å²) >= 11 is 3.18. The normalized spacial score (nSPS) is 11.6. The molecule has 4 heteroatoms. The Hall–Kier alpha value is -0.380. The van der Waals surface area contributed by atoms with Crippen LogP contribution >= 0.6 is 28.3 Å². The Morgan fingerprint density at radius 1 is 1.57 bits per heavy atom. The maximum absolute atomic E-state index is 13.3. The lowest BCUT2D eigenvalue weighted by molar-refractivity contribution is 0.583. The Labute approximate surface area is 97.7 Å². The number of nitrogens with two attached hydrogens (primary N) is 1. The first-order valence-electron chi connectivity index (χ1n) is 3.96. The molecule has 0 aliphatic rings. The lowest BCUT2D eigenvalue weighted by Gasteiger charge is -2.10. The quantitative estimate of drug-likeness (QED) is 0.841. The van der Waals surface area contributed by atoms with Gasteiger partial charge in [-0.25, -0.2) is 4.39 Å². The van der Waals surface area contributed by atoms with Gasteiger partial charge in [-0.2, -0.15) is 0 Å². The van der Waals surface area contributed by atoms with Gasteiger partial charge in [0.15, 0.2) is 0 Å². The fraction of sp³-hybridized carbons (Fsp3) is 0.200. The Kier molecular flexibility index (Phi) is 6.00. The molecule has 0 bridgehead atoms. The Bertz CT molecular complexity index is 317. The van der Waals surface area contributed by atoms with E-state index >= 15 is 0 Å². The smallest absolute Gasteiger partial charge is 0.129 e. The maximum Gasteiger partial charge on any atom is 0.129 e. The SMILES string of the molecule is C=CC[C@@H](N)c1ccc(Br)cc1F.Cl.